The van der Waals surface area contributed by atoms with Crippen LogP contribution in [0.15, 0.2) is 65.6 Å². The monoisotopic (exact) mass is 376 g/mol. The molecular weight excluding hydrogens is 360 g/mol. The number of nitrogens with zero attached hydrogens (tertiary/aromatic N) is 2. The number of benzene rings is 3. The van der Waals surface area contributed by atoms with Crippen LogP contribution in [0.1, 0.15) is 27.8 Å². The lowest BCUT2D eigenvalue weighted by Gasteiger charge is -2.13. The molecule has 1 aliphatic rings. The van der Waals surface area contributed by atoms with E-state index in [2.05, 4.69) is 4.79 Å². The third-order valence-electron chi connectivity index (χ3n) is 4.89. The first-order valence-corrected chi connectivity index (χ1v) is 9.86. The predicted octanol–water partition coefficient (Wildman–Crippen LogP) is 3.88. The average molecular weight is 376 g/mol. The van der Waals surface area contributed by atoms with E-state index in [-0.39, 0.29) is 16.2 Å². The first-order valence-electron chi connectivity index (χ1n) is 8.42. The minimum Gasteiger partial charge on any atom is -0.361 e. The quantitative estimate of drug-likeness (QED) is 0.255. The fraction of sp³-hybridized carbons (Fsp3) is 0.0952. The van der Waals surface area contributed by atoms with E-state index in [0.29, 0.717) is 17.5 Å². The molecule has 0 aromatic heterocycles. The summed E-state index contributed by atoms with van der Waals surface area (Å²) in [6.07, 6.45) is 0.496. The molecule has 0 heterocycles. The van der Waals surface area contributed by atoms with Crippen LogP contribution in [0, 0.1) is 6.92 Å². The van der Waals surface area contributed by atoms with Gasteiger partial charge in [0.1, 0.15) is 4.90 Å². The van der Waals surface area contributed by atoms with Gasteiger partial charge in [-0.2, -0.15) is 13.2 Å². The highest BCUT2D eigenvalue weighted by Gasteiger charge is 2.35. The summed E-state index contributed by atoms with van der Waals surface area (Å²) in [7, 11) is -4.53. The maximum atomic E-state index is 12.2. The maximum absolute atomic E-state index is 12.2. The van der Waals surface area contributed by atoms with E-state index in [1.165, 1.54) is 0 Å². The molecule has 3 aromatic rings. The number of rotatable bonds is 3. The maximum Gasteiger partial charge on any atom is 0.331 e. The summed E-state index contributed by atoms with van der Waals surface area (Å²) >= 11 is 0. The van der Waals surface area contributed by atoms with E-state index in [1.54, 1.807) is 37.3 Å². The van der Waals surface area contributed by atoms with Gasteiger partial charge in [-0.15, -0.1) is 0 Å². The van der Waals surface area contributed by atoms with Crippen LogP contribution < -0.4 is 0 Å². The van der Waals surface area contributed by atoms with Crippen molar-refractivity contribution in [2.45, 2.75) is 18.2 Å². The van der Waals surface area contributed by atoms with Crippen LogP contribution >= 0.6 is 0 Å². The minimum atomic E-state index is -4.53. The van der Waals surface area contributed by atoms with Gasteiger partial charge in [-0.25, -0.2) is 0 Å². The summed E-state index contributed by atoms with van der Waals surface area (Å²) in [5, 5.41) is 0. The van der Waals surface area contributed by atoms with Gasteiger partial charge in [0.2, 0.25) is 0 Å². The summed E-state index contributed by atoms with van der Waals surface area (Å²) < 4.78 is 34.4. The Balaban J connectivity index is 2.12. The van der Waals surface area contributed by atoms with Crippen molar-refractivity contribution in [3.05, 3.63) is 94.0 Å². The topological polar surface area (TPSA) is 90.8 Å². The van der Waals surface area contributed by atoms with E-state index in [0.717, 1.165) is 22.3 Å². The largest absolute Gasteiger partial charge is 0.361 e. The molecule has 1 aliphatic carbocycles. The van der Waals surface area contributed by atoms with E-state index < -0.39 is 10.1 Å². The molecule has 0 spiro atoms. The Labute approximate surface area is 157 Å². The molecule has 0 amide bonds. The summed E-state index contributed by atoms with van der Waals surface area (Å²) in [6.45, 7) is 1.63. The molecule has 0 atom stereocenters. The minimum absolute atomic E-state index is 0.121. The van der Waals surface area contributed by atoms with Crippen LogP contribution in [-0.4, -0.2) is 23.5 Å². The Hall–Kier alpha value is -3.05. The molecule has 134 valence electrons. The Morgan fingerprint density at radius 2 is 1.70 bits per heavy atom. The van der Waals surface area contributed by atoms with Crippen molar-refractivity contribution in [1.29, 1.82) is 0 Å². The van der Waals surface area contributed by atoms with Gasteiger partial charge in [-0.05, 0) is 59.4 Å². The van der Waals surface area contributed by atoms with E-state index in [1.807, 2.05) is 30.3 Å². The molecule has 0 saturated carbocycles. The summed E-state index contributed by atoms with van der Waals surface area (Å²) in [6, 6.07) is 18.4. The molecule has 5 nitrogen and oxygen atoms in total. The molecule has 1 N–H and O–H groups in total. The van der Waals surface area contributed by atoms with Crippen molar-refractivity contribution in [1.82, 2.24) is 0 Å². The second-order valence-electron chi connectivity index (χ2n) is 6.55. The van der Waals surface area contributed by atoms with Gasteiger partial charge in [0.05, 0.1) is 11.1 Å². The second kappa shape index (κ2) is 6.28. The number of hydrogen-bond acceptors (Lipinski definition) is 2. The van der Waals surface area contributed by atoms with Crippen LogP contribution in [0.2, 0.25) is 0 Å². The average Bonchev–Trinajstić information content (AvgIpc) is 3.00. The third kappa shape index (κ3) is 2.80. The molecule has 27 heavy (non-hydrogen) atoms. The first kappa shape index (κ1) is 17.4. The first-order chi connectivity index (χ1) is 12.9. The van der Waals surface area contributed by atoms with E-state index in [9.17, 15) is 18.5 Å². The number of aryl methyl sites for hydroxylation is 1. The fourth-order valence-electron chi connectivity index (χ4n) is 3.82. The van der Waals surface area contributed by atoms with Crippen molar-refractivity contribution in [3.63, 3.8) is 0 Å². The lowest BCUT2D eigenvalue weighted by molar-refractivity contribution is -0.00308. The summed E-state index contributed by atoms with van der Waals surface area (Å²) in [5.74, 6) is 0. The van der Waals surface area contributed by atoms with E-state index >= 15 is 0 Å². The fourth-order valence-corrected chi connectivity index (χ4v) is 4.76. The van der Waals surface area contributed by atoms with Crippen molar-refractivity contribution in [2.75, 3.05) is 0 Å². The van der Waals surface area contributed by atoms with Gasteiger partial charge < -0.3 is 5.53 Å². The summed E-state index contributed by atoms with van der Waals surface area (Å²) in [5.41, 5.74) is 14.8. The normalized spacial score (nSPS) is 12.2. The van der Waals surface area contributed by atoms with Crippen LogP contribution in [0.5, 0.6) is 0 Å². The smallest absolute Gasteiger partial charge is 0.331 e. The standard InChI is InChI=1S/C21H16N2O3S/c1-13-11-17-16-10-6-5-9-15(16)12-18(17)19(21(13)27(24,25)26)20(23-22)14-7-3-2-4-8-14/h2-11H,12H2,1H3,(H,24,25,26). The van der Waals surface area contributed by atoms with E-state index in [4.69, 9.17) is 0 Å². The highest BCUT2D eigenvalue weighted by Crippen LogP contribution is 2.42. The number of fused-ring (bicyclic) bond motifs is 3. The molecule has 0 aliphatic heterocycles. The second-order valence-corrected chi connectivity index (χ2v) is 7.91. The molecule has 0 radical (unpaired) electrons. The van der Waals surface area contributed by atoms with Gasteiger partial charge in [0, 0.05) is 0 Å². The Morgan fingerprint density at radius 1 is 1.04 bits per heavy atom. The van der Waals surface area contributed by atoms with Gasteiger partial charge in [-0.3, -0.25) is 4.55 Å². The van der Waals surface area contributed by atoms with Gasteiger partial charge in [0.15, 0.2) is 0 Å². The highest BCUT2D eigenvalue weighted by atomic mass is 32.2. The van der Waals surface area contributed by atoms with Crippen molar-refractivity contribution < 1.29 is 17.8 Å². The Bertz CT molecular complexity index is 1230. The zero-order valence-electron chi connectivity index (χ0n) is 14.5. The zero-order chi connectivity index (χ0) is 19.2. The predicted molar refractivity (Wildman–Crippen MR) is 103 cm³/mol. The van der Waals surface area contributed by atoms with Crippen LogP contribution in [-0.2, 0) is 16.5 Å². The van der Waals surface area contributed by atoms with Crippen LogP contribution in [0.25, 0.3) is 16.7 Å². The van der Waals surface area contributed by atoms with Crippen molar-refractivity contribution in [2.24, 2.45) is 0 Å². The lowest BCUT2D eigenvalue weighted by Crippen LogP contribution is -2.16. The highest BCUT2D eigenvalue weighted by molar-refractivity contribution is 7.86. The molecule has 6 heteroatoms. The van der Waals surface area contributed by atoms with Crippen LogP contribution in [0.3, 0.4) is 0 Å². The third-order valence-corrected chi connectivity index (χ3v) is 5.93. The van der Waals surface area contributed by atoms with Gasteiger partial charge >= 0.3 is 5.71 Å². The Kier molecular flexibility index (Phi) is 4.04. The molecular formula is C21H16N2O3S. The molecule has 0 unspecified atom stereocenters. The number of hydrogen-bond donors (Lipinski definition) is 1. The van der Waals surface area contributed by atoms with Crippen molar-refractivity contribution in [3.8, 4) is 11.1 Å². The zero-order valence-corrected chi connectivity index (χ0v) is 15.4. The van der Waals surface area contributed by atoms with Crippen LogP contribution in [0.4, 0.5) is 0 Å². The van der Waals surface area contributed by atoms with Crippen molar-refractivity contribution >= 4 is 15.8 Å². The molecule has 0 saturated heterocycles. The lowest BCUT2D eigenvalue weighted by atomic mass is 9.92. The Morgan fingerprint density at radius 3 is 2.37 bits per heavy atom. The SMILES string of the molecule is Cc1cc2c(c(C(=[N+]=[N-])c3ccccc3)c1S(=O)(=O)O)Cc1ccccc1-2. The molecule has 4 rings (SSSR count). The van der Waals surface area contributed by atoms with Gasteiger partial charge in [-0.1, -0.05) is 42.5 Å². The molecule has 0 fully saturated rings. The molecule has 0 bridgehead atoms. The molecule has 3 aromatic carbocycles. The summed E-state index contributed by atoms with van der Waals surface area (Å²) in [4.78, 5) is 3.21. The van der Waals surface area contributed by atoms with Gasteiger partial charge in [0.25, 0.3) is 10.1 Å².